The molecule has 6 heteroatoms. The fraction of sp³-hybridized carbons (Fsp3) is 0.316. The van der Waals surface area contributed by atoms with Crippen LogP contribution in [0.25, 0.3) is 0 Å². The highest BCUT2D eigenvalue weighted by atomic mass is 32.2. The minimum atomic E-state index is -3.33. The quantitative estimate of drug-likeness (QED) is 0.771. The summed E-state index contributed by atoms with van der Waals surface area (Å²) in [5.74, 6) is -0.245. The van der Waals surface area contributed by atoms with E-state index in [0.717, 1.165) is 30.5 Å². The molecule has 0 radical (unpaired) electrons. The molecule has 2 aromatic rings. The monoisotopic (exact) mass is 360 g/mol. The number of amides is 1. The number of rotatable bonds is 7. The molecule has 0 fully saturated rings. The van der Waals surface area contributed by atoms with Crippen LogP contribution in [0.1, 0.15) is 22.3 Å². The number of carbonyl (C=O) groups is 1. The second kappa shape index (κ2) is 8.16. The summed E-state index contributed by atoms with van der Waals surface area (Å²) in [6, 6.07) is 14.7. The molecule has 0 aliphatic heterocycles. The van der Waals surface area contributed by atoms with Gasteiger partial charge in [-0.2, -0.15) is 0 Å². The van der Waals surface area contributed by atoms with Gasteiger partial charge >= 0.3 is 0 Å². The minimum absolute atomic E-state index is 0.159. The number of anilines is 1. The highest BCUT2D eigenvalue weighted by molar-refractivity contribution is 7.90. The zero-order chi connectivity index (χ0) is 18.4. The Bertz CT molecular complexity index is 833. The van der Waals surface area contributed by atoms with Crippen LogP contribution in [-0.2, 0) is 9.84 Å². The lowest BCUT2D eigenvalue weighted by atomic mass is 10.1. The van der Waals surface area contributed by atoms with E-state index in [1.807, 2.05) is 37.4 Å². The third-order valence-electron chi connectivity index (χ3n) is 4.03. The van der Waals surface area contributed by atoms with Gasteiger partial charge in [-0.3, -0.25) is 4.79 Å². The van der Waals surface area contributed by atoms with E-state index in [-0.39, 0.29) is 10.8 Å². The molecule has 5 nitrogen and oxygen atoms in total. The molecule has 0 aliphatic rings. The zero-order valence-electron chi connectivity index (χ0n) is 14.8. The number of para-hydroxylation sites is 1. The van der Waals surface area contributed by atoms with Gasteiger partial charge in [-0.15, -0.1) is 0 Å². The average Bonchev–Trinajstić information content (AvgIpc) is 2.58. The van der Waals surface area contributed by atoms with Crippen LogP contribution < -0.4 is 10.2 Å². The first kappa shape index (κ1) is 19.0. The summed E-state index contributed by atoms with van der Waals surface area (Å²) in [6.45, 7) is 3.13. The van der Waals surface area contributed by atoms with Crippen molar-refractivity contribution >= 4 is 21.4 Å². The summed E-state index contributed by atoms with van der Waals surface area (Å²) < 4.78 is 23.3. The van der Waals surface area contributed by atoms with Crippen molar-refractivity contribution < 1.29 is 13.2 Å². The Morgan fingerprint density at radius 1 is 1.12 bits per heavy atom. The van der Waals surface area contributed by atoms with Crippen LogP contribution in [0.3, 0.4) is 0 Å². The van der Waals surface area contributed by atoms with Gasteiger partial charge in [-0.05, 0) is 43.2 Å². The Labute approximate surface area is 149 Å². The van der Waals surface area contributed by atoms with E-state index in [9.17, 15) is 13.2 Å². The van der Waals surface area contributed by atoms with Gasteiger partial charge in [0.15, 0.2) is 9.84 Å². The molecule has 0 spiro atoms. The Morgan fingerprint density at radius 2 is 1.80 bits per heavy atom. The number of aryl methyl sites for hydroxylation is 1. The number of benzene rings is 2. The second-order valence-corrected chi connectivity index (χ2v) is 8.13. The van der Waals surface area contributed by atoms with Crippen molar-refractivity contribution in [1.82, 2.24) is 5.32 Å². The highest BCUT2D eigenvalue weighted by Crippen LogP contribution is 2.16. The van der Waals surface area contributed by atoms with E-state index in [2.05, 4.69) is 10.2 Å². The van der Waals surface area contributed by atoms with Crippen molar-refractivity contribution in [2.24, 2.45) is 0 Å². The number of nitrogens with zero attached hydrogens (tertiary/aromatic N) is 1. The van der Waals surface area contributed by atoms with Gasteiger partial charge in [0.1, 0.15) is 0 Å². The van der Waals surface area contributed by atoms with E-state index < -0.39 is 9.84 Å². The largest absolute Gasteiger partial charge is 0.375 e. The Hall–Kier alpha value is -2.34. The predicted octanol–water partition coefficient (Wildman–Crippen LogP) is 2.65. The summed E-state index contributed by atoms with van der Waals surface area (Å²) in [5, 5.41) is 2.86. The molecule has 0 heterocycles. The lowest BCUT2D eigenvalue weighted by Gasteiger charge is -2.19. The van der Waals surface area contributed by atoms with E-state index in [4.69, 9.17) is 0 Å². The SMILES string of the molecule is Cc1ccc(S(C)(=O)=O)cc1C(=O)NCCCN(C)c1ccccc1. The molecule has 1 amide bonds. The van der Waals surface area contributed by atoms with Crippen LogP contribution in [0, 0.1) is 6.92 Å². The van der Waals surface area contributed by atoms with Crippen LogP contribution in [0.4, 0.5) is 5.69 Å². The van der Waals surface area contributed by atoms with Gasteiger partial charge < -0.3 is 10.2 Å². The molecule has 25 heavy (non-hydrogen) atoms. The zero-order valence-corrected chi connectivity index (χ0v) is 15.6. The molecule has 0 bridgehead atoms. The summed E-state index contributed by atoms with van der Waals surface area (Å²) in [6.07, 6.45) is 1.93. The predicted molar refractivity (Wildman–Crippen MR) is 101 cm³/mol. The normalized spacial score (nSPS) is 11.2. The van der Waals surface area contributed by atoms with Crippen LogP contribution in [0.2, 0.25) is 0 Å². The molecule has 0 aliphatic carbocycles. The molecule has 1 N–H and O–H groups in total. The minimum Gasteiger partial charge on any atom is -0.375 e. The van der Waals surface area contributed by atoms with Crippen molar-refractivity contribution in [3.05, 3.63) is 59.7 Å². The van der Waals surface area contributed by atoms with E-state index in [1.54, 1.807) is 13.0 Å². The third-order valence-corrected chi connectivity index (χ3v) is 5.14. The van der Waals surface area contributed by atoms with Gasteiger partial charge in [-0.1, -0.05) is 24.3 Å². The first-order valence-electron chi connectivity index (χ1n) is 8.14. The highest BCUT2D eigenvalue weighted by Gasteiger charge is 2.14. The van der Waals surface area contributed by atoms with Gasteiger partial charge in [0.25, 0.3) is 5.91 Å². The number of hydrogen-bond acceptors (Lipinski definition) is 4. The topological polar surface area (TPSA) is 66.5 Å². The van der Waals surface area contributed by atoms with Crippen LogP contribution in [0.5, 0.6) is 0 Å². The summed E-state index contributed by atoms with van der Waals surface area (Å²) in [7, 11) is -1.32. The molecular weight excluding hydrogens is 336 g/mol. The van der Waals surface area contributed by atoms with Gasteiger partial charge in [-0.25, -0.2) is 8.42 Å². The van der Waals surface area contributed by atoms with E-state index in [0.29, 0.717) is 12.1 Å². The Morgan fingerprint density at radius 3 is 2.44 bits per heavy atom. The van der Waals surface area contributed by atoms with Crippen molar-refractivity contribution in [3.63, 3.8) is 0 Å². The first-order valence-corrected chi connectivity index (χ1v) is 10.0. The smallest absolute Gasteiger partial charge is 0.251 e. The number of carbonyl (C=O) groups excluding carboxylic acids is 1. The van der Waals surface area contributed by atoms with Crippen molar-refractivity contribution in [1.29, 1.82) is 0 Å². The number of sulfone groups is 1. The fourth-order valence-electron chi connectivity index (χ4n) is 2.50. The fourth-order valence-corrected chi connectivity index (χ4v) is 3.15. The maximum atomic E-state index is 12.3. The van der Waals surface area contributed by atoms with Gasteiger partial charge in [0.05, 0.1) is 4.90 Å². The maximum Gasteiger partial charge on any atom is 0.251 e. The Kier molecular flexibility index (Phi) is 6.20. The molecule has 0 saturated carbocycles. The van der Waals surface area contributed by atoms with Gasteiger partial charge in [0, 0.05) is 37.6 Å². The lowest BCUT2D eigenvalue weighted by molar-refractivity contribution is 0.0952. The molecule has 0 saturated heterocycles. The summed E-state index contributed by atoms with van der Waals surface area (Å²) in [5.41, 5.74) is 2.29. The summed E-state index contributed by atoms with van der Waals surface area (Å²) >= 11 is 0. The molecule has 0 aromatic heterocycles. The average molecular weight is 360 g/mol. The Balaban J connectivity index is 1.90. The van der Waals surface area contributed by atoms with E-state index >= 15 is 0 Å². The molecule has 0 unspecified atom stereocenters. The molecule has 2 aromatic carbocycles. The maximum absolute atomic E-state index is 12.3. The van der Waals surface area contributed by atoms with Crippen LogP contribution in [0.15, 0.2) is 53.4 Å². The lowest BCUT2D eigenvalue weighted by Crippen LogP contribution is -2.28. The number of nitrogens with one attached hydrogen (secondary N) is 1. The summed E-state index contributed by atoms with van der Waals surface area (Å²) in [4.78, 5) is 14.6. The van der Waals surface area contributed by atoms with Crippen molar-refractivity contribution in [2.45, 2.75) is 18.2 Å². The van der Waals surface area contributed by atoms with Gasteiger partial charge in [0.2, 0.25) is 0 Å². The number of hydrogen-bond donors (Lipinski definition) is 1. The van der Waals surface area contributed by atoms with E-state index in [1.165, 1.54) is 12.1 Å². The van der Waals surface area contributed by atoms with Crippen molar-refractivity contribution in [2.75, 3.05) is 31.3 Å². The molecular formula is C19H24N2O3S. The van der Waals surface area contributed by atoms with Crippen LogP contribution >= 0.6 is 0 Å². The molecule has 134 valence electrons. The second-order valence-electron chi connectivity index (χ2n) is 6.12. The standard InChI is InChI=1S/C19H24N2O3S/c1-15-10-11-17(25(3,23)24)14-18(15)19(22)20-12-7-13-21(2)16-8-5-4-6-9-16/h4-6,8-11,14H,7,12-13H2,1-3H3,(H,20,22). The van der Waals surface area contributed by atoms with Crippen LogP contribution in [-0.4, -0.2) is 40.7 Å². The van der Waals surface area contributed by atoms with Crippen molar-refractivity contribution in [3.8, 4) is 0 Å². The third kappa shape index (κ3) is 5.32. The molecule has 0 atom stereocenters. The first-order chi connectivity index (χ1) is 11.8. The molecule has 2 rings (SSSR count).